The molecule has 1 fully saturated rings. The Hall–Kier alpha value is -0.820. The molecule has 1 rings (SSSR count). The predicted octanol–water partition coefficient (Wildman–Crippen LogP) is 0.826. The van der Waals surface area contributed by atoms with E-state index in [4.69, 9.17) is 15.9 Å². The van der Waals surface area contributed by atoms with Crippen LogP contribution in [0.2, 0.25) is 0 Å². The van der Waals surface area contributed by atoms with Crippen molar-refractivity contribution < 1.29 is 24.2 Å². The quantitative estimate of drug-likeness (QED) is 0.684. The first kappa shape index (κ1) is 13.2. The number of aliphatic carboxylic acids is 2. The Balaban J connectivity index is 2.87. The molecule has 2 atom stereocenters. The van der Waals surface area contributed by atoms with Crippen LogP contribution in [-0.2, 0) is 9.59 Å². The molecule has 4 N–H and O–H groups in total. The fourth-order valence-corrected chi connectivity index (χ4v) is 2.97. The van der Waals surface area contributed by atoms with Crippen molar-refractivity contribution in [2.45, 2.75) is 36.2 Å². The molecule has 16 heavy (non-hydrogen) atoms. The Kier molecular flexibility index (Phi) is 3.80. The van der Waals surface area contributed by atoms with Gasteiger partial charge >= 0.3 is 11.9 Å². The molecule has 0 saturated carbocycles. The third-order valence-corrected chi connectivity index (χ3v) is 4.25. The molecular formula is C9H14FNO4S. The van der Waals surface area contributed by atoms with Crippen LogP contribution in [-0.4, -0.2) is 38.4 Å². The Morgan fingerprint density at radius 2 is 2.06 bits per heavy atom. The molecule has 1 aliphatic rings. The van der Waals surface area contributed by atoms with Crippen molar-refractivity contribution in [3.05, 3.63) is 0 Å². The highest BCUT2D eigenvalue weighted by Crippen LogP contribution is 2.45. The van der Waals surface area contributed by atoms with E-state index in [1.165, 1.54) is 0 Å². The first-order chi connectivity index (χ1) is 7.32. The van der Waals surface area contributed by atoms with Crippen LogP contribution < -0.4 is 5.73 Å². The Morgan fingerprint density at radius 1 is 1.44 bits per heavy atom. The minimum absolute atomic E-state index is 0.00389. The number of carboxylic acids is 2. The van der Waals surface area contributed by atoms with Crippen LogP contribution in [0.3, 0.4) is 0 Å². The number of hydrogen-bond donors (Lipinski definition) is 3. The number of alkyl halides is 1. The van der Waals surface area contributed by atoms with Gasteiger partial charge in [-0.1, -0.05) is 0 Å². The largest absolute Gasteiger partial charge is 0.481 e. The maximum Gasteiger partial charge on any atom is 0.337 e. The van der Waals surface area contributed by atoms with E-state index >= 15 is 0 Å². The lowest BCUT2D eigenvalue weighted by Gasteiger charge is -2.42. The average molecular weight is 251 g/mol. The molecular weight excluding hydrogens is 237 g/mol. The van der Waals surface area contributed by atoms with E-state index in [0.717, 1.165) is 11.8 Å². The van der Waals surface area contributed by atoms with Crippen LogP contribution in [0.15, 0.2) is 0 Å². The maximum atomic E-state index is 14.4. The van der Waals surface area contributed by atoms with Crippen LogP contribution in [0, 0.1) is 0 Å². The summed E-state index contributed by atoms with van der Waals surface area (Å²) in [5.41, 5.74) is 3.41. The molecule has 1 aliphatic heterocycles. The summed E-state index contributed by atoms with van der Waals surface area (Å²) in [6, 6.07) is 0. The highest BCUT2D eigenvalue weighted by molar-refractivity contribution is 8.01. The molecule has 92 valence electrons. The van der Waals surface area contributed by atoms with Crippen LogP contribution in [0.1, 0.15) is 25.7 Å². The van der Waals surface area contributed by atoms with Gasteiger partial charge < -0.3 is 15.9 Å². The lowest BCUT2D eigenvalue weighted by Crippen LogP contribution is -2.62. The second-order valence-electron chi connectivity index (χ2n) is 3.85. The molecule has 1 heterocycles. The maximum absolute atomic E-state index is 14.4. The van der Waals surface area contributed by atoms with Gasteiger partial charge in [-0.25, -0.2) is 9.18 Å². The third-order valence-electron chi connectivity index (χ3n) is 2.77. The molecule has 0 amide bonds. The summed E-state index contributed by atoms with van der Waals surface area (Å²) in [4.78, 5) is 19.4. The average Bonchev–Trinajstić information content (AvgIpc) is 2.20. The number of halogens is 1. The summed E-state index contributed by atoms with van der Waals surface area (Å²) >= 11 is 0.843. The predicted molar refractivity (Wildman–Crippen MR) is 57.0 cm³/mol. The Bertz CT molecular complexity index is 314. The smallest absolute Gasteiger partial charge is 0.337 e. The van der Waals surface area contributed by atoms with Crippen molar-refractivity contribution in [1.82, 2.24) is 0 Å². The molecule has 0 bridgehead atoms. The first-order valence-electron chi connectivity index (χ1n) is 4.89. The summed E-state index contributed by atoms with van der Waals surface area (Å²) in [6.45, 7) is 0. The second kappa shape index (κ2) is 4.58. The molecule has 7 heteroatoms. The van der Waals surface area contributed by atoms with Crippen molar-refractivity contribution >= 4 is 23.7 Å². The van der Waals surface area contributed by atoms with Crippen molar-refractivity contribution in [2.75, 3.05) is 5.75 Å². The minimum Gasteiger partial charge on any atom is -0.481 e. The van der Waals surface area contributed by atoms with Gasteiger partial charge in [0.15, 0.2) is 4.87 Å². The summed E-state index contributed by atoms with van der Waals surface area (Å²) < 4.78 is 14.4. The monoisotopic (exact) mass is 251 g/mol. The highest BCUT2D eigenvalue weighted by atomic mass is 32.2. The van der Waals surface area contributed by atoms with Gasteiger partial charge in [-0.2, -0.15) is 0 Å². The number of nitrogens with two attached hydrogens (primary N) is 1. The number of rotatable bonds is 4. The van der Waals surface area contributed by atoms with Crippen LogP contribution in [0.25, 0.3) is 0 Å². The van der Waals surface area contributed by atoms with E-state index < -0.39 is 28.9 Å². The summed E-state index contributed by atoms with van der Waals surface area (Å²) in [6.07, 6.45) is -0.273. The Morgan fingerprint density at radius 3 is 2.56 bits per heavy atom. The van der Waals surface area contributed by atoms with Gasteiger partial charge in [0.2, 0.25) is 0 Å². The minimum atomic E-state index is -2.15. The van der Waals surface area contributed by atoms with E-state index in [1.807, 2.05) is 0 Å². The zero-order valence-electron chi connectivity index (χ0n) is 8.61. The van der Waals surface area contributed by atoms with E-state index in [1.54, 1.807) is 0 Å². The fraction of sp³-hybridized carbons (Fsp3) is 0.778. The number of carboxylic acid groups (broad SMARTS) is 2. The van der Waals surface area contributed by atoms with Crippen molar-refractivity contribution in [1.29, 1.82) is 0 Å². The molecule has 2 unspecified atom stereocenters. The van der Waals surface area contributed by atoms with E-state index in [-0.39, 0.29) is 12.8 Å². The topological polar surface area (TPSA) is 101 Å². The SMILES string of the molecule is NC1(C(=O)O)SCCCC1(F)CCC(=O)O. The summed E-state index contributed by atoms with van der Waals surface area (Å²) in [7, 11) is 0. The van der Waals surface area contributed by atoms with Crippen LogP contribution >= 0.6 is 11.8 Å². The molecule has 0 radical (unpaired) electrons. The van der Waals surface area contributed by atoms with Gasteiger partial charge in [-0.3, -0.25) is 4.79 Å². The number of thioether (sulfide) groups is 1. The Labute approximate surface area is 96.2 Å². The first-order valence-corrected chi connectivity index (χ1v) is 5.87. The second-order valence-corrected chi connectivity index (χ2v) is 5.19. The molecule has 0 aliphatic carbocycles. The number of hydrogen-bond acceptors (Lipinski definition) is 4. The summed E-state index contributed by atoms with van der Waals surface area (Å²) in [5, 5.41) is 17.5. The van der Waals surface area contributed by atoms with Crippen molar-refractivity contribution in [3.63, 3.8) is 0 Å². The zero-order chi connectivity index (χ0) is 12.4. The lowest BCUT2D eigenvalue weighted by molar-refractivity contribution is -0.147. The third kappa shape index (κ3) is 2.30. The van der Waals surface area contributed by atoms with Gasteiger partial charge in [0.1, 0.15) is 5.67 Å². The van der Waals surface area contributed by atoms with Crippen molar-refractivity contribution in [2.24, 2.45) is 5.73 Å². The molecule has 0 spiro atoms. The van der Waals surface area contributed by atoms with Crippen LogP contribution in [0.4, 0.5) is 4.39 Å². The van der Waals surface area contributed by atoms with Crippen LogP contribution in [0.5, 0.6) is 0 Å². The van der Waals surface area contributed by atoms with E-state index in [0.29, 0.717) is 12.2 Å². The van der Waals surface area contributed by atoms with Gasteiger partial charge in [-0.15, -0.1) is 11.8 Å². The normalized spacial score (nSPS) is 34.6. The number of carbonyl (C=O) groups is 2. The van der Waals surface area contributed by atoms with E-state index in [2.05, 4.69) is 0 Å². The van der Waals surface area contributed by atoms with Gasteiger partial charge in [0, 0.05) is 6.42 Å². The zero-order valence-corrected chi connectivity index (χ0v) is 9.43. The highest BCUT2D eigenvalue weighted by Gasteiger charge is 2.57. The van der Waals surface area contributed by atoms with Gasteiger partial charge in [-0.05, 0) is 25.0 Å². The lowest BCUT2D eigenvalue weighted by atomic mass is 9.86. The molecule has 0 aromatic heterocycles. The fourth-order valence-electron chi connectivity index (χ4n) is 1.77. The van der Waals surface area contributed by atoms with Gasteiger partial charge in [0.05, 0.1) is 0 Å². The van der Waals surface area contributed by atoms with E-state index in [9.17, 15) is 14.0 Å². The standard InChI is InChI=1S/C9H14FNO4S/c10-8(4-2-6(12)13)3-1-5-16-9(8,11)7(14)15/h1-5,11H2,(H,12,13)(H,14,15). The molecule has 5 nitrogen and oxygen atoms in total. The molecule has 1 saturated heterocycles. The summed E-state index contributed by atoms with van der Waals surface area (Å²) in [5.74, 6) is -2.10. The van der Waals surface area contributed by atoms with Crippen molar-refractivity contribution in [3.8, 4) is 0 Å². The molecule has 0 aromatic carbocycles. The van der Waals surface area contributed by atoms with Gasteiger partial charge in [0.25, 0.3) is 0 Å². The molecule has 0 aromatic rings.